The zero-order chi connectivity index (χ0) is 14.5. The minimum Gasteiger partial charge on any atom is -0.498 e. The molecule has 1 N–H and O–H groups in total. The molecule has 0 aromatic heterocycles. The Kier molecular flexibility index (Phi) is 10.6. The summed E-state index contributed by atoms with van der Waals surface area (Å²) in [4.78, 5) is 21.3. The quantitative estimate of drug-likeness (QED) is 0.355. The van der Waals surface area contributed by atoms with Crippen LogP contribution in [0.5, 0.6) is 0 Å². The van der Waals surface area contributed by atoms with Gasteiger partial charge in [-0.1, -0.05) is 20.3 Å². The average Bonchev–Trinajstić information content (AvgIpc) is 2.39. The van der Waals surface area contributed by atoms with Crippen LogP contribution in [-0.4, -0.2) is 30.3 Å². The third-order valence-electron chi connectivity index (χ3n) is 2.56. The summed E-state index contributed by atoms with van der Waals surface area (Å²) in [5, 5.41) is 8.39. The molecule has 0 bridgehead atoms. The number of aliphatic carboxylic acids is 1. The number of carbonyl (C=O) groups is 2. The number of hydrogen-bond acceptors (Lipinski definition) is 4. The maximum Gasteiger partial charge on any atom is 0.306 e. The summed E-state index contributed by atoms with van der Waals surface area (Å²) in [5.41, 5.74) is 1.25. The molecule has 0 unspecified atom stereocenters. The van der Waals surface area contributed by atoms with Gasteiger partial charge in [0.15, 0.2) is 0 Å². The van der Waals surface area contributed by atoms with Gasteiger partial charge < -0.3 is 14.6 Å². The topological polar surface area (TPSA) is 72.8 Å². The normalized spacial score (nSPS) is 11.2. The number of ether oxygens (including phenoxy) is 2. The Morgan fingerprint density at radius 2 is 1.84 bits per heavy atom. The molecule has 0 aromatic rings. The molecule has 0 aliphatic rings. The van der Waals surface area contributed by atoms with Crippen LogP contribution in [0, 0.1) is 0 Å². The molecule has 0 spiro atoms. The predicted octanol–water partition coefficient (Wildman–Crippen LogP) is 2.90. The van der Waals surface area contributed by atoms with Crippen molar-refractivity contribution < 1.29 is 24.2 Å². The molecule has 0 saturated carbocycles. The van der Waals surface area contributed by atoms with Crippen molar-refractivity contribution in [2.24, 2.45) is 0 Å². The van der Waals surface area contributed by atoms with Gasteiger partial charge in [0.1, 0.15) is 13.2 Å². The highest BCUT2D eigenvalue weighted by atomic mass is 16.6. The lowest BCUT2D eigenvalue weighted by Gasteiger charge is -2.06. The Morgan fingerprint density at radius 3 is 2.42 bits per heavy atom. The van der Waals surface area contributed by atoms with Crippen molar-refractivity contribution in [1.29, 1.82) is 0 Å². The molecule has 0 aliphatic carbocycles. The van der Waals surface area contributed by atoms with Gasteiger partial charge in [0.05, 0.1) is 19.1 Å². The van der Waals surface area contributed by atoms with E-state index in [1.54, 1.807) is 6.26 Å². The zero-order valence-electron chi connectivity index (χ0n) is 11.8. The number of carbonyl (C=O) groups excluding carboxylic acids is 1. The second-order valence-electron chi connectivity index (χ2n) is 4.22. The number of carboxylic acid groups (broad SMARTS) is 1. The van der Waals surface area contributed by atoms with E-state index in [1.807, 2.05) is 0 Å². The third kappa shape index (κ3) is 11.3. The fraction of sp³-hybridized carbons (Fsp3) is 0.714. The number of esters is 1. The number of allylic oxidation sites excluding steroid dienone is 1. The minimum atomic E-state index is -1.00. The summed E-state index contributed by atoms with van der Waals surface area (Å²) < 4.78 is 10.1. The highest BCUT2D eigenvalue weighted by Crippen LogP contribution is 2.10. The lowest BCUT2D eigenvalue weighted by atomic mass is 10.1. The van der Waals surface area contributed by atoms with Crippen LogP contribution in [-0.2, 0) is 19.1 Å². The third-order valence-corrected chi connectivity index (χ3v) is 2.56. The van der Waals surface area contributed by atoms with Gasteiger partial charge in [0.25, 0.3) is 0 Å². The van der Waals surface area contributed by atoms with E-state index in [1.165, 1.54) is 5.57 Å². The molecule has 0 heterocycles. The number of carboxylic acids is 1. The van der Waals surface area contributed by atoms with Crippen LogP contribution in [0.25, 0.3) is 0 Å². The second kappa shape index (κ2) is 11.6. The molecule has 0 radical (unpaired) electrons. The largest absolute Gasteiger partial charge is 0.498 e. The fourth-order valence-corrected chi connectivity index (χ4v) is 1.38. The molecule has 0 aromatic carbocycles. The van der Waals surface area contributed by atoms with Crippen molar-refractivity contribution in [1.82, 2.24) is 0 Å². The van der Waals surface area contributed by atoms with Crippen molar-refractivity contribution in [2.45, 2.75) is 52.4 Å². The summed E-state index contributed by atoms with van der Waals surface area (Å²) >= 11 is 0. The maximum absolute atomic E-state index is 11.1. The standard InChI is InChI=1S/C14H24O5/c1-3-5-6-12(4-2)11-18-9-10-19-14(17)8-7-13(15)16/h11H,3-10H2,1-2H3,(H,15,16). The molecule has 0 fully saturated rings. The van der Waals surface area contributed by atoms with E-state index < -0.39 is 11.9 Å². The molecule has 110 valence electrons. The Balaban J connectivity index is 3.64. The van der Waals surface area contributed by atoms with Crippen LogP contribution >= 0.6 is 0 Å². The van der Waals surface area contributed by atoms with Crippen molar-refractivity contribution in [3.05, 3.63) is 11.8 Å². The molecule has 0 aliphatic heterocycles. The van der Waals surface area contributed by atoms with Crippen LogP contribution in [0.1, 0.15) is 52.4 Å². The summed E-state index contributed by atoms with van der Waals surface area (Å²) in [5.74, 6) is -1.50. The summed E-state index contributed by atoms with van der Waals surface area (Å²) in [6.45, 7) is 4.68. The van der Waals surface area contributed by atoms with Crippen molar-refractivity contribution in [3.63, 3.8) is 0 Å². The first-order valence-corrected chi connectivity index (χ1v) is 6.77. The summed E-state index contributed by atoms with van der Waals surface area (Å²) in [6.07, 6.45) is 5.73. The fourth-order valence-electron chi connectivity index (χ4n) is 1.38. The van der Waals surface area contributed by atoms with E-state index in [9.17, 15) is 9.59 Å². The van der Waals surface area contributed by atoms with Crippen molar-refractivity contribution in [3.8, 4) is 0 Å². The van der Waals surface area contributed by atoms with Crippen LogP contribution in [0.15, 0.2) is 11.8 Å². The Bertz CT molecular complexity index is 296. The van der Waals surface area contributed by atoms with E-state index in [4.69, 9.17) is 14.6 Å². The van der Waals surface area contributed by atoms with Crippen LogP contribution in [0.2, 0.25) is 0 Å². The van der Waals surface area contributed by atoms with Crippen molar-refractivity contribution in [2.75, 3.05) is 13.2 Å². The van der Waals surface area contributed by atoms with Gasteiger partial charge in [0.2, 0.25) is 0 Å². The molecule has 19 heavy (non-hydrogen) atoms. The molecule has 0 amide bonds. The van der Waals surface area contributed by atoms with Gasteiger partial charge in [-0.3, -0.25) is 9.59 Å². The SMILES string of the molecule is CCCCC(=COCCOC(=O)CCC(=O)O)CC. The molecular weight excluding hydrogens is 248 g/mol. The zero-order valence-corrected chi connectivity index (χ0v) is 11.8. The highest BCUT2D eigenvalue weighted by molar-refractivity contribution is 5.76. The van der Waals surface area contributed by atoms with Crippen LogP contribution in [0.3, 0.4) is 0 Å². The van der Waals surface area contributed by atoms with Gasteiger partial charge in [-0.2, -0.15) is 0 Å². The number of unbranched alkanes of at least 4 members (excludes halogenated alkanes) is 1. The average molecular weight is 272 g/mol. The number of hydrogen-bond donors (Lipinski definition) is 1. The first-order valence-electron chi connectivity index (χ1n) is 6.77. The first kappa shape index (κ1) is 17.5. The second-order valence-corrected chi connectivity index (χ2v) is 4.22. The Labute approximate surface area is 114 Å². The lowest BCUT2D eigenvalue weighted by Crippen LogP contribution is -2.11. The molecule has 0 saturated heterocycles. The molecule has 5 nitrogen and oxygen atoms in total. The predicted molar refractivity (Wildman–Crippen MR) is 71.7 cm³/mol. The minimum absolute atomic E-state index is 0.0954. The van der Waals surface area contributed by atoms with E-state index in [2.05, 4.69) is 13.8 Å². The van der Waals surface area contributed by atoms with Gasteiger partial charge in [-0.15, -0.1) is 0 Å². The van der Waals surface area contributed by atoms with Gasteiger partial charge in [-0.25, -0.2) is 0 Å². The van der Waals surface area contributed by atoms with Crippen molar-refractivity contribution >= 4 is 11.9 Å². The smallest absolute Gasteiger partial charge is 0.306 e. The summed E-state index contributed by atoms with van der Waals surface area (Å²) in [7, 11) is 0. The van der Waals surface area contributed by atoms with E-state index in [0.29, 0.717) is 6.61 Å². The molecule has 5 heteroatoms. The van der Waals surface area contributed by atoms with E-state index >= 15 is 0 Å². The van der Waals surface area contributed by atoms with E-state index in [-0.39, 0.29) is 19.4 Å². The Hall–Kier alpha value is -1.52. The highest BCUT2D eigenvalue weighted by Gasteiger charge is 2.05. The van der Waals surface area contributed by atoms with Gasteiger partial charge in [0, 0.05) is 0 Å². The van der Waals surface area contributed by atoms with Gasteiger partial charge >= 0.3 is 11.9 Å². The summed E-state index contributed by atoms with van der Waals surface area (Å²) in [6, 6.07) is 0. The Morgan fingerprint density at radius 1 is 1.11 bits per heavy atom. The van der Waals surface area contributed by atoms with Crippen LogP contribution < -0.4 is 0 Å². The van der Waals surface area contributed by atoms with E-state index in [0.717, 1.165) is 25.7 Å². The van der Waals surface area contributed by atoms with Crippen LogP contribution in [0.4, 0.5) is 0 Å². The maximum atomic E-state index is 11.1. The molecule has 0 atom stereocenters. The lowest BCUT2D eigenvalue weighted by molar-refractivity contribution is -0.148. The number of rotatable bonds is 11. The monoisotopic (exact) mass is 272 g/mol. The molecule has 0 rings (SSSR count). The van der Waals surface area contributed by atoms with Gasteiger partial charge in [-0.05, 0) is 24.8 Å². The first-order chi connectivity index (χ1) is 9.10. The molecular formula is C14H24O5.